The van der Waals surface area contributed by atoms with Gasteiger partial charge in [-0.3, -0.25) is 10.1 Å². The van der Waals surface area contributed by atoms with Crippen molar-refractivity contribution in [2.45, 2.75) is 13.0 Å². The van der Waals surface area contributed by atoms with E-state index in [0.29, 0.717) is 6.54 Å². The number of rotatable bonds is 6. The van der Waals surface area contributed by atoms with Crippen LogP contribution in [-0.2, 0) is 11.3 Å². The van der Waals surface area contributed by atoms with E-state index >= 15 is 0 Å². The van der Waals surface area contributed by atoms with E-state index in [2.05, 4.69) is 25.8 Å². The summed E-state index contributed by atoms with van der Waals surface area (Å²) in [5.41, 5.74) is 1.03. The monoisotopic (exact) mass is 225 g/mol. The molecule has 1 aromatic rings. The summed E-state index contributed by atoms with van der Waals surface area (Å²) in [7, 11) is 3.45. The Kier molecular flexibility index (Phi) is 6.02. The second-order valence-corrected chi connectivity index (χ2v) is 3.28. The van der Waals surface area contributed by atoms with Gasteiger partial charge in [-0.05, 0) is 12.5 Å². The molecule has 0 aliphatic heterocycles. The van der Waals surface area contributed by atoms with E-state index in [9.17, 15) is 0 Å². The minimum Gasteiger partial charge on any atom is -0.385 e. The van der Waals surface area contributed by atoms with Crippen LogP contribution in [0, 0.1) is 0 Å². The molecule has 0 fully saturated rings. The van der Waals surface area contributed by atoms with Crippen molar-refractivity contribution < 1.29 is 4.74 Å². The van der Waals surface area contributed by atoms with Crippen LogP contribution in [0.3, 0.4) is 0 Å². The summed E-state index contributed by atoms with van der Waals surface area (Å²) in [5.74, 6) is 0.783. The van der Waals surface area contributed by atoms with Crippen molar-refractivity contribution >= 4 is 5.96 Å². The average Bonchev–Trinajstić information content (AvgIpc) is 2.81. The summed E-state index contributed by atoms with van der Waals surface area (Å²) >= 11 is 0. The number of methoxy groups -OCH3 is 1. The van der Waals surface area contributed by atoms with Gasteiger partial charge in [-0.2, -0.15) is 5.10 Å². The summed E-state index contributed by atoms with van der Waals surface area (Å²) < 4.78 is 4.96. The van der Waals surface area contributed by atoms with Gasteiger partial charge in [-0.15, -0.1) is 0 Å². The molecule has 90 valence electrons. The van der Waals surface area contributed by atoms with E-state index < -0.39 is 0 Å². The first-order valence-corrected chi connectivity index (χ1v) is 5.28. The van der Waals surface area contributed by atoms with Gasteiger partial charge in [-0.25, -0.2) is 0 Å². The zero-order valence-electron chi connectivity index (χ0n) is 9.79. The molecule has 0 spiro atoms. The predicted molar refractivity (Wildman–Crippen MR) is 63.3 cm³/mol. The zero-order valence-corrected chi connectivity index (χ0v) is 9.79. The lowest BCUT2D eigenvalue weighted by atomic mass is 10.4. The zero-order chi connectivity index (χ0) is 11.6. The van der Waals surface area contributed by atoms with Gasteiger partial charge >= 0.3 is 0 Å². The molecule has 1 heterocycles. The summed E-state index contributed by atoms with van der Waals surface area (Å²) in [6, 6.07) is 1.92. The topological polar surface area (TPSA) is 74.3 Å². The SMILES string of the molecule is CN=C(NCCCOC)NCc1ccn[nH]1. The maximum Gasteiger partial charge on any atom is 0.191 e. The summed E-state index contributed by atoms with van der Waals surface area (Å²) in [6.07, 6.45) is 2.69. The quantitative estimate of drug-likeness (QED) is 0.365. The molecule has 0 amide bonds. The van der Waals surface area contributed by atoms with Gasteiger partial charge < -0.3 is 15.4 Å². The number of H-pyrrole nitrogens is 1. The molecule has 0 saturated heterocycles. The molecular weight excluding hydrogens is 206 g/mol. The Bertz CT molecular complexity index is 296. The van der Waals surface area contributed by atoms with Crippen molar-refractivity contribution in [2.24, 2.45) is 4.99 Å². The van der Waals surface area contributed by atoms with E-state index in [1.54, 1.807) is 20.4 Å². The largest absolute Gasteiger partial charge is 0.385 e. The highest BCUT2D eigenvalue weighted by atomic mass is 16.5. The van der Waals surface area contributed by atoms with E-state index in [-0.39, 0.29) is 0 Å². The molecule has 0 bridgehead atoms. The first-order valence-electron chi connectivity index (χ1n) is 5.28. The Labute approximate surface area is 95.5 Å². The second kappa shape index (κ2) is 7.70. The Hall–Kier alpha value is -1.56. The molecule has 0 aromatic carbocycles. The highest BCUT2D eigenvalue weighted by Gasteiger charge is 1.97. The highest BCUT2D eigenvalue weighted by molar-refractivity contribution is 5.79. The minimum absolute atomic E-state index is 0.684. The van der Waals surface area contributed by atoms with Crippen LogP contribution >= 0.6 is 0 Å². The van der Waals surface area contributed by atoms with Crippen LogP contribution in [0.1, 0.15) is 12.1 Å². The summed E-state index contributed by atoms with van der Waals surface area (Å²) in [6.45, 7) is 2.28. The van der Waals surface area contributed by atoms with Crippen LogP contribution in [0.15, 0.2) is 17.3 Å². The minimum atomic E-state index is 0.684. The second-order valence-electron chi connectivity index (χ2n) is 3.28. The number of hydrogen-bond acceptors (Lipinski definition) is 3. The van der Waals surface area contributed by atoms with Gasteiger partial charge in [0, 0.05) is 33.5 Å². The Balaban J connectivity index is 2.17. The Morgan fingerprint density at radius 1 is 1.56 bits per heavy atom. The molecule has 0 aliphatic carbocycles. The molecule has 0 atom stereocenters. The number of nitrogens with one attached hydrogen (secondary N) is 3. The van der Waals surface area contributed by atoms with Gasteiger partial charge in [0.25, 0.3) is 0 Å². The summed E-state index contributed by atoms with van der Waals surface area (Å²) in [4.78, 5) is 4.10. The van der Waals surface area contributed by atoms with Crippen molar-refractivity contribution in [2.75, 3.05) is 27.3 Å². The third-order valence-electron chi connectivity index (χ3n) is 2.05. The van der Waals surface area contributed by atoms with Gasteiger partial charge in [0.15, 0.2) is 5.96 Å². The lowest BCUT2D eigenvalue weighted by Gasteiger charge is -2.10. The first-order chi connectivity index (χ1) is 7.86. The highest BCUT2D eigenvalue weighted by Crippen LogP contribution is 1.89. The number of hydrogen-bond donors (Lipinski definition) is 3. The average molecular weight is 225 g/mol. The lowest BCUT2D eigenvalue weighted by molar-refractivity contribution is 0.195. The van der Waals surface area contributed by atoms with Gasteiger partial charge in [0.05, 0.1) is 12.2 Å². The molecule has 6 nitrogen and oxygen atoms in total. The first kappa shape index (κ1) is 12.5. The van der Waals surface area contributed by atoms with Crippen LogP contribution in [0.5, 0.6) is 0 Å². The Morgan fingerprint density at radius 3 is 3.06 bits per heavy atom. The molecule has 3 N–H and O–H groups in total. The third kappa shape index (κ3) is 4.79. The molecular formula is C10H19N5O. The van der Waals surface area contributed by atoms with Crippen LogP contribution in [0.2, 0.25) is 0 Å². The van der Waals surface area contributed by atoms with Crippen LogP contribution in [0.25, 0.3) is 0 Å². The van der Waals surface area contributed by atoms with Crippen molar-refractivity contribution in [1.29, 1.82) is 0 Å². The van der Waals surface area contributed by atoms with Crippen LogP contribution in [-0.4, -0.2) is 43.5 Å². The van der Waals surface area contributed by atoms with Gasteiger partial charge in [-0.1, -0.05) is 0 Å². The number of nitrogens with zero attached hydrogens (tertiary/aromatic N) is 2. The fourth-order valence-corrected chi connectivity index (χ4v) is 1.21. The van der Waals surface area contributed by atoms with Crippen molar-refractivity contribution in [3.8, 4) is 0 Å². The summed E-state index contributed by atoms with van der Waals surface area (Å²) in [5, 5.41) is 13.1. The molecule has 6 heteroatoms. The van der Waals surface area contributed by atoms with Crippen molar-refractivity contribution in [3.63, 3.8) is 0 Å². The van der Waals surface area contributed by atoms with Gasteiger partial charge in [0.2, 0.25) is 0 Å². The van der Waals surface area contributed by atoms with E-state index in [1.165, 1.54) is 0 Å². The Morgan fingerprint density at radius 2 is 2.44 bits per heavy atom. The van der Waals surface area contributed by atoms with Crippen molar-refractivity contribution in [1.82, 2.24) is 20.8 Å². The third-order valence-corrected chi connectivity index (χ3v) is 2.05. The number of guanidine groups is 1. The smallest absolute Gasteiger partial charge is 0.191 e. The van der Waals surface area contributed by atoms with E-state index in [4.69, 9.17) is 4.74 Å². The van der Waals surface area contributed by atoms with Gasteiger partial charge in [0.1, 0.15) is 0 Å². The van der Waals surface area contributed by atoms with Crippen molar-refractivity contribution in [3.05, 3.63) is 18.0 Å². The molecule has 0 saturated carbocycles. The number of aliphatic imine (C=N–C) groups is 1. The molecule has 0 radical (unpaired) electrons. The normalized spacial score (nSPS) is 11.5. The maximum atomic E-state index is 4.96. The number of aromatic nitrogens is 2. The molecule has 1 rings (SSSR count). The maximum absolute atomic E-state index is 4.96. The fraction of sp³-hybridized carbons (Fsp3) is 0.600. The molecule has 0 aliphatic rings. The number of ether oxygens (including phenoxy) is 1. The predicted octanol–water partition coefficient (Wildman–Crippen LogP) is 0.111. The van der Waals surface area contributed by atoms with E-state index in [0.717, 1.165) is 31.2 Å². The van der Waals surface area contributed by atoms with Crippen LogP contribution < -0.4 is 10.6 Å². The standard InChI is InChI=1S/C10H19N5O/c1-11-10(12-5-3-7-16-2)13-8-9-4-6-14-15-9/h4,6H,3,5,7-8H2,1-2H3,(H,14,15)(H2,11,12,13). The molecule has 1 aromatic heterocycles. The fourth-order valence-electron chi connectivity index (χ4n) is 1.21. The van der Waals surface area contributed by atoms with Crippen LogP contribution in [0.4, 0.5) is 0 Å². The lowest BCUT2D eigenvalue weighted by Crippen LogP contribution is -2.37. The van der Waals surface area contributed by atoms with E-state index in [1.807, 2.05) is 6.07 Å². The number of aromatic amines is 1. The molecule has 0 unspecified atom stereocenters. The molecule has 16 heavy (non-hydrogen) atoms.